The van der Waals surface area contributed by atoms with Gasteiger partial charge >= 0.3 is 0 Å². The van der Waals surface area contributed by atoms with Crippen LogP contribution in [0.2, 0.25) is 0 Å². The zero-order valence-corrected chi connectivity index (χ0v) is 13.2. The minimum absolute atomic E-state index is 0.0215. The zero-order valence-electron chi connectivity index (χ0n) is 12.2. The lowest BCUT2D eigenvalue weighted by Gasteiger charge is -2.22. The molecule has 1 aromatic carbocycles. The van der Waals surface area contributed by atoms with Crippen molar-refractivity contribution in [3.63, 3.8) is 0 Å². The van der Waals surface area contributed by atoms with Crippen LogP contribution in [0.25, 0.3) is 0 Å². The molecule has 0 atom stereocenters. The summed E-state index contributed by atoms with van der Waals surface area (Å²) in [4.78, 5) is 0. The highest BCUT2D eigenvalue weighted by Crippen LogP contribution is 2.10. The Morgan fingerprint density at radius 2 is 1.60 bits per heavy atom. The summed E-state index contributed by atoms with van der Waals surface area (Å²) in [6, 6.07) is 4.31. The lowest BCUT2D eigenvalue weighted by atomic mass is 10.2. The van der Waals surface area contributed by atoms with Crippen LogP contribution in [0.1, 0.15) is 33.3 Å². The molecule has 3 nitrogen and oxygen atoms in total. The summed E-state index contributed by atoms with van der Waals surface area (Å²) in [6.45, 7) is 6.81. The maximum atomic E-state index is 13.0. The van der Waals surface area contributed by atoms with Gasteiger partial charge in [-0.15, -0.1) is 0 Å². The molecule has 0 aliphatic rings. The Kier molecular flexibility index (Phi) is 7.29. The zero-order chi connectivity index (χ0) is 15.1. The van der Waals surface area contributed by atoms with Crippen molar-refractivity contribution in [3.05, 3.63) is 35.4 Å². The van der Waals surface area contributed by atoms with Gasteiger partial charge in [0.15, 0.2) is 11.6 Å². The van der Waals surface area contributed by atoms with Crippen molar-refractivity contribution >= 4 is 9.76 Å². The monoisotopic (exact) mass is 302 g/mol. The third kappa shape index (κ3) is 6.56. The van der Waals surface area contributed by atoms with E-state index >= 15 is 0 Å². The first kappa shape index (κ1) is 17.2. The van der Waals surface area contributed by atoms with Crippen LogP contribution in [0.5, 0.6) is 0 Å². The molecule has 1 aromatic rings. The van der Waals surface area contributed by atoms with Gasteiger partial charge in [-0.1, -0.05) is 6.07 Å². The second-order valence-electron chi connectivity index (χ2n) is 4.85. The van der Waals surface area contributed by atoms with E-state index in [9.17, 15) is 8.78 Å². The fourth-order valence-corrected chi connectivity index (χ4v) is 2.09. The van der Waals surface area contributed by atoms with Crippen molar-refractivity contribution in [2.75, 3.05) is 0 Å². The van der Waals surface area contributed by atoms with Crippen LogP contribution in [0.4, 0.5) is 8.78 Å². The Balaban J connectivity index is 2.44. The Labute approximate surface area is 121 Å². The van der Waals surface area contributed by atoms with Gasteiger partial charge in [-0.2, -0.15) is 0 Å². The maximum absolute atomic E-state index is 13.0. The fraction of sp³-hybridized carbons (Fsp3) is 0.571. The number of halogens is 2. The third-order valence-electron chi connectivity index (χ3n) is 2.21. The average Bonchev–Trinajstić information content (AvgIpc) is 2.32. The average molecular weight is 302 g/mol. The van der Waals surface area contributed by atoms with Crippen molar-refractivity contribution in [2.24, 2.45) is 0 Å². The summed E-state index contributed by atoms with van der Waals surface area (Å²) in [5, 5.41) is 0. The molecule has 0 aromatic heterocycles. The van der Waals surface area contributed by atoms with Gasteiger partial charge in [-0.25, -0.2) is 8.78 Å². The van der Waals surface area contributed by atoms with Crippen molar-refractivity contribution in [1.82, 2.24) is 0 Å². The summed E-state index contributed by atoms with van der Waals surface area (Å²) < 4.78 is 42.3. The molecule has 0 heterocycles. The third-order valence-corrected chi connectivity index (χ3v) is 3.12. The van der Waals surface area contributed by atoms with Gasteiger partial charge in [0.2, 0.25) is 9.76 Å². The number of benzene rings is 1. The van der Waals surface area contributed by atoms with Gasteiger partial charge in [0, 0.05) is 0 Å². The molecule has 0 saturated heterocycles. The van der Waals surface area contributed by atoms with Gasteiger partial charge in [0.05, 0.1) is 12.2 Å². The van der Waals surface area contributed by atoms with Gasteiger partial charge in [-0.05, 0) is 51.4 Å². The molecule has 0 bridgehead atoms. The Morgan fingerprint density at radius 3 is 2.10 bits per heavy atom. The van der Waals surface area contributed by atoms with Crippen LogP contribution in [0.15, 0.2) is 18.2 Å². The molecular weight excluding hydrogens is 282 g/mol. The molecule has 20 heavy (non-hydrogen) atoms. The van der Waals surface area contributed by atoms with Crippen LogP contribution in [-0.4, -0.2) is 28.4 Å². The second kappa shape index (κ2) is 8.46. The minimum atomic E-state index is -0.847. The lowest BCUT2D eigenvalue weighted by molar-refractivity contribution is -0.275. The van der Waals surface area contributed by atoms with E-state index in [0.29, 0.717) is 11.6 Å². The largest absolute Gasteiger partial charge is 0.372 e. The van der Waals surface area contributed by atoms with E-state index in [1.807, 2.05) is 27.7 Å². The van der Waals surface area contributed by atoms with Crippen LogP contribution >= 0.6 is 0 Å². The molecule has 1 rings (SSSR count). The van der Waals surface area contributed by atoms with E-state index in [-0.39, 0.29) is 22.0 Å². The van der Waals surface area contributed by atoms with Crippen molar-refractivity contribution in [1.29, 1.82) is 0 Å². The van der Waals surface area contributed by atoms with E-state index in [0.717, 1.165) is 6.07 Å². The normalized spacial score (nSPS) is 11.8. The van der Waals surface area contributed by atoms with Gasteiger partial charge in [-0.3, -0.25) is 0 Å². The van der Waals surface area contributed by atoms with Crippen molar-refractivity contribution < 1.29 is 22.7 Å². The number of hydrogen-bond donors (Lipinski definition) is 0. The summed E-state index contributed by atoms with van der Waals surface area (Å²) in [7, 11) is 0.0431. The number of ether oxygens (including phenoxy) is 2. The molecule has 0 N–H and O–H groups in total. The highest BCUT2D eigenvalue weighted by Gasteiger charge is 2.14. The first-order valence-corrected chi connectivity index (χ1v) is 7.63. The molecule has 112 valence electrons. The molecule has 2 radical (unpaired) electrons. The van der Waals surface area contributed by atoms with E-state index in [2.05, 4.69) is 0 Å². The first-order valence-electron chi connectivity index (χ1n) is 6.52. The molecule has 0 aliphatic carbocycles. The first-order chi connectivity index (χ1) is 9.38. The summed E-state index contributed by atoms with van der Waals surface area (Å²) in [6.07, 6.45) is -0.0429. The Hall–Kier alpha value is -0.823. The minimum Gasteiger partial charge on any atom is -0.372 e. The van der Waals surface area contributed by atoms with E-state index < -0.39 is 18.1 Å². The van der Waals surface area contributed by atoms with Gasteiger partial charge in [0.1, 0.15) is 0 Å². The molecule has 0 fully saturated rings. The second-order valence-corrected chi connectivity index (χ2v) is 5.72. The predicted molar refractivity (Wildman–Crippen MR) is 73.1 cm³/mol. The van der Waals surface area contributed by atoms with E-state index in [4.69, 9.17) is 13.9 Å². The van der Waals surface area contributed by atoms with E-state index in [1.54, 1.807) is 0 Å². The fourth-order valence-electron chi connectivity index (χ4n) is 1.37. The van der Waals surface area contributed by atoms with Crippen LogP contribution in [-0.2, 0) is 19.9 Å². The molecule has 6 heteroatoms. The van der Waals surface area contributed by atoms with E-state index in [1.165, 1.54) is 12.1 Å². The molecular formula is C14H20F2O3Si. The summed E-state index contributed by atoms with van der Waals surface area (Å²) in [5.74, 6) is -1.69. The van der Waals surface area contributed by atoms with Crippen LogP contribution in [0.3, 0.4) is 0 Å². The highest BCUT2D eigenvalue weighted by atomic mass is 28.2. The smallest absolute Gasteiger partial charge is 0.262 e. The van der Waals surface area contributed by atoms with Crippen molar-refractivity contribution in [3.8, 4) is 0 Å². The number of hydrogen-bond acceptors (Lipinski definition) is 3. The van der Waals surface area contributed by atoms with Gasteiger partial charge < -0.3 is 13.9 Å². The van der Waals surface area contributed by atoms with Gasteiger partial charge in [0.25, 0.3) is 6.48 Å². The molecule has 0 unspecified atom stereocenters. The molecule has 0 saturated carbocycles. The Morgan fingerprint density at radius 1 is 1.00 bits per heavy atom. The SMILES string of the molecule is CC(C)OC(O[Si]Cc1ccc(F)c(F)c1)OC(C)C. The molecule has 0 amide bonds. The lowest BCUT2D eigenvalue weighted by Crippen LogP contribution is -2.29. The van der Waals surface area contributed by atoms with Crippen molar-refractivity contribution in [2.45, 2.75) is 52.4 Å². The predicted octanol–water partition coefficient (Wildman–Crippen LogP) is 3.23. The molecule has 0 aliphatic heterocycles. The topological polar surface area (TPSA) is 27.7 Å². The molecule has 0 spiro atoms. The Bertz CT molecular complexity index is 403. The standard InChI is InChI=1S/C14H20F2O3Si/c1-9(2)17-14(18-10(3)4)19-20-8-11-5-6-12(15)13(16)7-11/h5-7,9-10,14H,8H2,1-4H3. The summed E-state index contributed by atoms with van der Waals surface area (Å²) in [5.41, 5.74) is 0.676. The van der Waals surface area contributed by atoms with Crippen LogP contribution < -0.4 is 0 Å². The maximum Gasteiger partial charge on any atom is 0.262 e. The number of rotatable bonds is 8. The summed E-state index contributed by atoms with van der Waals surface area (Å²) >= 11 is 0. The quantitative estimate of drug-likeness (QED) is 0.545. The highest BCUT2D eigenvalue weighted by molar-refractivity contribution is 6.26. The van der Waals surface area contributed by atoms with Crippen LogP contribution in [0, 0.1) is 11.6 Å².